The summed E-state index contributed by atoms with van der Waals surface area (Å²) < 4.78 is 0. The summed E-state index contributed by atoms with van der Waals surface area (Å²) >= 11 is 0. The zero-order valence-corrected chi connectivity index (χ0v) is 10.7. The molecule has 0 radical (unpaired) electrons. The van der Waals surface area contributed by atoms with Crippen LogP contribution in [-0.4, -0.2) is 25.0 Å². The Hall–Kier alpha value is -0.120. The lowest BCUT2D eigenvalue weighted by Gasteiger charge is -2.24. The summed E-state index contributed by atoms with van der Waals surface area (Å²) in [4.78, 5) is 10.9. The zero-order valence-electron chi connectivity index (χ0n) is 10.7. The van der Waals surface area contributed by atoms with Crippen LogP contribution >= 0.6 is 0 Å². The van der Waals surface area contributed by atoms with Gasteiger partial charge in [-0.05, 0) is 19.3 Å². The first-order chi connectivity index (χ1) is 7.93. The summed E-state index contributed by atoms with van der Waals surface area (Å²) in [5, 5.41) is 1.67. The Morgan fingerprint density at radius 3 is 2.44 bits per heavy atom. The molecule has 1 aliphatic heterocycles. The van der Waals surface area contributed by atoms with Crippen LogP contribution in [-0.2, 0) is 9.68 Å². The molecule has 0 aromatic heterocycles. The van der Waals surface area contributed by atoms with E-state index in [1.54, 1.807) is 5.23 Å². The van der Waals surface area contributed by atoms with Crippen molar-refractivity contribution in [1.29, 1.82) is 0 Å². The van der Waals surface area contributed by atoms with E-state index in [0.717, 1.165) is 32.6 Å². The number of unbranched alkanes of at least 4 members (excludes halogenated alkanes) is 6. The molecule has 96 valence electrons. The molecule has 0 aromatic carbocycles. The quantitative estimate of drug-likeness (QED) is 0.563. The van der Waals surface area contributed by atoms with E-state index in [1.165, 1.54) is 44.9 Å². The molecular formula is C13H27NO2. The van der Waals surface area contributed by atoms with Gasteiger partial charge in [-0.2, -0.15) is 0 Å². The standard InChI is InChI=1S/C13H27NO2/c1-2-3-4-5-6-7-9-12-15-14-11-8-10-13-16-14/h2-13H2,1H3. The zero-order chi connectivity index (χ0) is 11.5. The van der Waals surface area contributed by atoms with Gasteiger partial charge in [-0.25, -0.2) is 0 Å². The largest absolute Gasteiger partial charge is 0.274 e. The highest BCUT2D eigenvalue weighted by Crippen LogP contribution is 2.09. The first kappa shape index (κ1) is 13.9. The van der Waals surface area contributed by atoms with Gasteiger partial charge < -0.3 is 0 Å². The van der Waals surface area contributed by atoms with Crippen LogP contribution in [0.25, 0.3) is 0 Å². The van der Waals surface area contributed by atoms with Gasteiger partial charge in [-0.3, -0.25) is 9.68 Å². The van der Waals surface area contributed by atoms with Crippen molar-refractivity contribution in [3.05, 3.63) is 0 Å². The van der Waals surface area contributed by atoms with Gasteiger partial charge in [-0.15, -0.1) is 0 Å². The Labute approximate surface area is 100 Å². The highest BCUT2D eigenvalue weighted by molar-refractivity contribution is 4.46. The van der Waals surface area contributed by atoms with Crippen LogP contribution in [0.4, 0.5) is 0 Å². The molecule has 0 N–H and O–H groups in total. The Balaban J connectivity index is 1.77. The van der Waals surface area contributed by atoms with Crippen LogP contribution in [0.1, 0.15) is 64.7 Å². The number of hydrogen-bond donors (Lipinski definition) is 0. The second-order valence-corrected chi connectivity index (χ2v) is 4.55. The summed E-state index contributed by atoms with van der Waals surface area (Å²) in [7, 11) is 0. The predicted octanol–water partition coefficient (Wildman–Crippen LogP) is 3.70. The minimum atomic E-state index is 0.813. The predicted molar refractivity (Wildman–Crippen MR) is 65.8 cm³/mol. The molecule has 0 saturated carbocycles. The molecule has 1 fully saturated rings. The summed E-state index contributed by atoms with van der Waals surface area (Å²) in [5.74, 6) is 0. The van der Waals surface area contributed by atoms with Gasteiger partial charge in [-0.1, -0.05) is 50.7 Å². The van der Waals surface area contributed by atoms with E-state index < -0.39 is 0 Å². The van der Waals surface area contributed by atoms with E-state index in [1.807, 2.05) is 0 Å². The summed E-state index contributed by atoms with van der Waals surface area (Å²) in [5.41, 5.74) is 0. The monoisotopic (exact) mass is 229 g/mol. The third-order valence-electron chi connectivity index (χ3n) is 2.95. The lowest BCUT2D eigenvalue weighted by atomic mass is 10.1. The number of hydroxylamine groups is 2. The fourth-order valence-electron chi connectivity index (χ4n) is 1.90. The molecule has 0 atom stereocenters. The maximum absolute atomic E-state index is 5.52. The summed E-state index contributed by atoms with van der Waals surface area (Å²) in [6.45, 7) is 4.81. The van der Waals surface area contributed by atoms with Crippen LogP contribution in [0.3, 0.4) is 0 Å². The summed E-state index contributed by atoms with van der Waals surface area (Å²) in [6.07, 6.45) is 11.6. The number of hydrogen-bond acceptors (Lipinski definition) is 3. The molecule has 3 heteroatoms. The first-order valence-electron chi connectivity index (χ1n) is 6.97. The van der Waals surface area contributed by atoms with Crippen molar-refractivity contribution in [2.75, 3.05) is 19.8 Å². The van der Waals surface area contributed by atoms with E-state index in [0.29, 0.717) is 0 Å². The molecule has 1 heterocycles. The van der Waals surface area contributed by atoms with Gasteiger partial charge >= 0.3 is 0 Å². The third-order valence-corrected chi connectivity index (χ3v) is 2.95. The minimum absolute atomic E-state index is 0.813. The van der Waals surface area contributed by atoms with Gasteiger partial charge in [0, 0.05) is 0 Å². The number of rotatable bonds is 9. The molecule has 16 heavy (non-hydrogen) atoms. The van der Waals surface area contributed by atoms with Gasteiger partial charge in [0.05, 0.1) is 19.8 Å². The molecule has 0 bridgehead atoms. The maximum atomic E-state index is 5.52. The topological polar surface area (TPSA) is 21.7 Å². The average molecular weight is 229 g/mol. The Morgan fingerprint density at radius 2 is 1.75 bits per heavy atom. The minimum Gasteiger partial charge on any atom is -0.274 e. The second kappa shape index (κ2) is 10.1. The van der Waals surface area contributed by atoms with Crippen molar-refractivity contribution in [2.24, 2.45) is 0 Å². The van der Waals surface area contributed by atoms with Crippen molar-refractivity contribution in [3.8, 4) is 0 Å². The van der Waals surface area contributed by atoms with Crippen LogP contribution in [0.15, 0.2) is 0 Å². The van der Waals surface area contributed by atoms with E-state index >= 15 is 0 Å². The van der Waals surface area contributed by atoms with Crippen molar-refractivity contribution >= 4 is 0 Å². The molecule has 0 amide bonds. The average Bonchev–Trinajstić information content (AvgIpc) is 2.34. The first-order valence-corrected chi connectivity index (χ1v) is 6.97. The van der Waals surface area contributed by atoms with Crippen LogP contribution in [0, 0.1) is 0 Å². The molecule has 1 saturated heterocycles. The molecule has 3 nitrogen and oxygen atoms in total. The lowest BCUT2D eigenvalue weighted by molar-refractivity contribution is -0.379. The Kier molecular flexibility index (Phi) is 8.77. The van der Waals surface area contributed by atoms with Gasteiger partial charge in [0.15, 0.2) is 0 Å². The van der Waals surface area contributed by atoms with E-state index in [4.69, 9.17) is 9.68 Å². The molecule has 1 rings (SSSR count). The van der Waals surface area contributed by atoms with Crippen molar-refractivity contribution < 1.29 is 9.68 Å². The molecule has 0 aromatic rings. The highest BCUT2D eigenvalue weighted by atomic mass is 16.9. The third kappa shape index (κ3) is 7.20. The van der Waals surface area contributed by atoms with E-state index in [2.05, 4.69) is 6.92 Å². The SMILES string of the molecule is CCCCCCCCCON1CCCCO1. The van der Waals surface area contributed by atoms with Crippen molar-refractivity contribution in [1.82, 2.24) is 5.23 Å². The van der Waals surface area contributed by atoms with E-state index in [9.17, 15) is 0 Å². The second-order valence-electron chi connectivity index (χ2n) is 4.55. The normalized spacial score (nSPS) is 17.8. The maximum Gasteiger partial charge on any atom is 0.0712 e. The van der Waals surface area contributed by atoms with Gasteiger partial charge in [0.1, 0.15) is 0 Å². The summed E-state index contributed by atoms with van der Waals surface area (Å²) in [6, 6.07) is 0. The van der Waals surface area contributed by atoms with Crippen molar-refractivity contribution in [2.45, 2.75) is 64.7 Å². The highest BCUT2D eigenvalue weighted by Gasteiger charge is 2.10. The molecule has 0 aliphatic carbocycles. The van der Waals surface area contributed by atoms with Crippen LogP contribution in [0.2, 0.25) is 0 Å². The van der Waals surface area contributed by atoms with Crippen LogP contribution in [0.5, 0.6) is 0 Å². The number of nitrogens with zero attached hydrogens (tertiary/aromatic N) is 1. The smallest absolute Gasteiger partial charge is 0.0712 e. The fraction of sp³-hybridized carbons (Fsp3) is 1.00. The fourth-order valence-corrected chi connectivity index (χ4v) is 1.90. The Morgan fingerprint density at radius 1 is 1.00 bits per heavy atom. The molecule has 0 spiro atoms. The molecule has 1 aliphatic rings. The molecular weight excluding hydrogens is 202 g/mol. The van der Waals surface area contributed by atoms with Gasteiger partial charge in [0.2, 0.25) is 0 Å². The van der Waals surface area contributed by atoms with Gasteiger partial charge in [0.25, 0.3) is 0 Å². The lowest BCUT2D eigenvalue weighted by Crippen LogP contribution is -2.30. The van der Waals surface area contributed by atoms with Crippen molar-refractivity contribution in [3.63, 3.8) is 0 Å². The van der Waals surface area contributed by atoms with E-state index in [-0.39, 0.29) is 0 Å². The van der Waals surface area contributed by atoms with Crippen LogP contribution < -0.4 is 0 Å². The molecule has 0 unspecified atom stereocenters. The Bertz CT molecular complexity index is 147.